The molecule has 0 bridgehead atoms. The van der Waals surface area contributed by atoms with Crippen LogP contribution in [0.25, 0.3) is 0 Å². The van der Waals surface area contributed by atoms with Crippen molar-refractivity contribution in [1.82, 2.24) is 10.2 Å². The fourth-order valence-electron chi connectivity index (χ4n) is 1.56. The number of amides is 2. The highest BCUT2D eigenvalue weighted by Gasteiger charge is 2.20. The minimum Gasteiger partial charge on any atom is -0.350 e. The van der Waals surface area contributed by atoms with Gasteiger partial charge in [0.1, 0.15) is 0 Å². The number of hydrogen-bond acceptors (Lipinski definition) is 3. The zero-order valence-corrected chi connectivity index (χ0v) is 14.0. The van der Waals surface area contributed by atoms with E-state index in [4.69, 9.17) is 0 Å². The molecule has 1 heterocycles. The van der Waals surface area contributed by atoms with Crippen LogP contribution in [0, 0.1) is 0 Å². The van der Waals surface area contributed by atoms with Crippen molar-refractivity contribution < 1.29 is 9.59 Å². The Balaban J connectivity index is 2.68. The number of nitrogens with one attached hydrogen (secondary N) is 1. The Morgan fingerprint density at radius 1 is 1.42 bits per heavy atom. The highest BCUT2D eigenvalue weighted by atomic mass is 79.9. The molecular weight excluding hydrogens is 328 g/mol. The van der Waals surface area contributed by atoms with Crippen molar-refractivity contribution in [2.45, 2.75) is 33.2 Å². The Morgan fingerprint density at radius 2 is 2.05 bits per heavy atom. The second kappa shape index (κ2) is 6.52. The molecule has 19 heavy (non-hydrogen) atoms. The van der Waals surface area contributed by atoms with Crippen molar-refractivity contribution in [2.75, 3.05) is 13.1 Å². The maximum atomic E-state index is 12.2. The minimum absolute atomic E-state index is 0.0834. The molecule has 0 saturated carbocycles. The molecule has 1 rings (SSSR count). The van der Waals surface area contributed by atoms with Crippen molar-refractivity contribution in [3.8, 4) is 0 Å². The van der Waals surface area contributed by atoms with Crippen LogP contribution in [-0.2, 0) is 4.79 Å². The highest BCUT2D eigenvalue weighted by molar-refractivity contribution is 9.11. The van der Waals surface area contributed by atoms with Crippen molar-refractivity contribution in [3.63, 3.8) is 0 Å². The monoisotopic (exact) mass is 346 g/mol. The summed E-state index contributed by atoms with van der Waals surface area (Å²) in [6.07, 6.45) is 0. The molecule has 0 aliphatic carbocycles. The summed E-state index contributed by atoms with van der Waals surface area (Å²) in [5.41, 5.74) is 0.326. The second-order valence-corrected chi connectivity index (χ2v) is 7.55. The molecule has 0 aromatic carbocycles. The molecule has 1 N–H and O–H groups in total. The molecule has 0 atom stereocenters. The van der Waals surface area contributed by atoms with Crippen LogP contribution in [0.15, 0.2) is 15.2 Å². The van der Waals surface area contributed by atoms with E-state index in [9.17, 15) is 9.59 Å². The second-order valence-electron chi connectivity index (χ2n) is 5.26. The van der Waals surface area contributed by atoms with Gasteiger partial charge in [0.25, 0.3) is 5.91 Å². The van der Waals surface area contributed by atoms with Crippen LogP contribution in [-0.4, -0.2) is 35.3 Å². The summed E-state index contributed by atoms with van der Waals surface area (Å²) in [5.74, 6) is -0.259. The van der Waals surface area contributed by atoms with Gasteiger partial charge in [-0.15, -0.1) is 11.3 Å². The Kier molecular flexibility index (Phi) is 5.55. The largest absolute Gasteiger partial charge is 0.350 e. The van der Waals surface area contributed by atoms with E-state index in [0.717, 1.165) is 3.79 Å². The van der Waals surface area contributed by atoms with Gasteiger partial charge in [-0.3, -0.25) is 9.59 Å². The Bertz CT molecular complexity index is 465. The Morgan fingerprint density at radius 3 is 2.47 bits per heavy atom. The van der Waals surface area contributed by atoms with Gasteiger partial charge in [-0.25, -0.2) is 0 Å². The van der Waals surface area contributed by atoms with E-state index in [1.54, 1.807) is 11.4 Å². The summed E-state index contributed by atoms with van der Waals surface area (Å²) < 4.78 is 0.908. The summed E-state index contributed by atoms with van der Waals surface area (Å²) >= 11 is 4.79. The smallest absolute Gasteiger partial charge is 0.255 e. The van der Waals surface area contributed by atoms with E-state index in [0.29, 0.717) is 12.1 Å². The zero-order chi connectivity index (χ0) is 14.6. The molecular formula is C13H19BrN2O2S. The van der Waals surface area contributed by atoms with Gasteiger partial charge in [0.2, 0.25) is 5.91 Å². The predicted octanol–water partition coefficient (Wildman–Crippen LogP) is 2.89. The molecule has 0 saturated heterocycles. The average Bonchev–Trinajstić information content (AvgIpc) is 2.69. The molecule has 4 nitrogen and oxygen atoms in total. The van der Waals surface area contributed by atoms with E-state index in [1.807, 2.05) is 27.7 Å². The number of rotatable bonds is 4. The molecule has 1 aromatic heterocycles. The third-order valence-electron chi connectivity index (χ3n) is 2.33. The first kappa shape index (κ1) is 16.2. The lowest BCUT2D eigenvalue weighted by molar-refractivity contribution is -0.123. The number of nitrogens with zero attached hydrogens (tertiary/aromatic N) is 1. The van der Waals surface area contributed by atoms with Crippen LogP contribution in [0.4, 0.5) is 0 Å². The molecule has 0 aliphatic heterocycles. The molecule has 6 heteroatoms. The maximum absolute atomic E-state index is 12.2. The predicted molar refractivity (Wildman–Crippen MR) is 81.5 cm³/mol. The minimum atomic E-state index is -0.287. The summed E-state index contributed by atoms with van der Waals surface area (Å²) in [4.78, 5) is 25.6. The highest BCUT2D eigenvalue weighted by Crippen LogP contribution is 2.21. The van der Waals surface area contributed by atoms with E-state index < -0.39 is 0 Å². The quantitative estimate of drug-likeness (QED) is 0.911. The van der Waals surface area contributed by atoms with Gasteiger partial charge in [0.15, 0.2) is 0 Å². The fourth-order valence-corrected chi connectivity index (χ4v) is 2.69. The molecule has 106 valence electrons. The number of hydrogen-bond donors (Lipinski definition) is 1. The van der Waals surface area contributed by atoms with Gasteiger partial charge in [-0.05, 0) is 49.7 Å². The first-order chi connectivity index (χ1) is 8.73. The molecule has 1 aromatic rings. The average molecular weight is 347 g/mol. The van der Waals surface area contributed by atoms with Crippen LogP contribution in [0.3, 0.4) is 0 Å². The van der Waals surface area contributed by atoms with Gasteiger partial charge in [0, 0.05) is 17.5 Å². The van der Waals surface area contributed by atoms with Crippen LogP contribution in [0.1, 0.15) is 38.1 Å². The summed E-state index contributed by atoms with van der Waals surface area (Å²) in [7, 11) is 0. The summed E-state index contributed by atoms with van der Waals surface area (Å²) in [5, 5.41) is 4.64. The third-order valence-corrected chi connectivity index (χ3v) is 3.84. The Labute approximate surface area is 126 Å². The number of carbonyl (C=O) groups is 2. The molecule has 0 fully saturated rings. The molecule has 0 aliphatic rings. The van der Waals surface area contributed by atoms with Crippen LogP contribution in [0.2, 0.25) is 0 Å². The number of thiophene rings is 1. The van der Waals surface area contributed by atoms with Crippen LogP contribution >= 0.6 is 27.3 Å². The fraction of sp³-hybridized carbons (Fsp3) is 0.538. The first-order valence-electron chi connectivity index (χ1n) is 6.07. The van der Waals surface area contributed by atoms with Crippen LogP contribution < -0.4 is 5.32 Å². The standard InChI is InChI=1S/C13H19BrN2O2S/c1-5-16(7-11(17)15-13(2,3)4)12(18)9-6-10(14)19-8-9/h6,8H,5,7H2,1-4H3,(H,15,17). The lowest BCUT2D eigenvalue weighted by atomic mass is 10.1. The third kappa shape index (κ3) is 5.32. The normalized spacial score (nSPS) is 11.2. The van der Waals surface area contributed by atoms with E-state index >= 15 is 0 Å². The van der Waals surface area contributed by atoms with Crippen molar-refractivity contribution in [3.05, 3.63) is 20.8 Å². The van der Waals surface area contributed by atoms with Crippen molar-refractivity contribution >= 4 is 39.1 Å². The number of halogens is 1. The van der Waals surface area contributed by atoms with Gasteiger partial charge in [-0.2, -0.15) is 0 Å². The van der Waals surface area contributed by atoms with Gasteiger partial charge >= 0.3 is 0 Å². The Hall–Kier alpha value is -0.880. The van der Waals surface area contributed by atoms with Crippen molar-refractivity contribution in [1.29, 1.82) is 0 Å². The van der Waals surface area contributed by atoms with E-state index in [-0.39, 0.29) is 23.9 Å². The van der Waals surface area contributed by atoms with E-state index in [1.165, 1.54) is 16.2 Å². The van der Waals surface area contributed by atoms with Gasteiger partial charge < -0.3 is 10.2 Å². The molecule has 2 amide bonds. The van der Waals surface area contributed by atoms with E-state index in [2.05, 4.69) is 21.2 Å². The summed E-state index contributed by atoms with van der Waals surface area (Å²) in [6.45, 7) is 8.20. The molecule has 0 unspecified atom stereocenters. The number of carbonyl (C=O) groups excluding carboxylic acids is 2. The van der Waals surface area contributed by atoms with Crippen molar-refractivity contribution in [2.24, 2.45) is 0 Å². The first-order valence-corrected chi connectivity index (χ1v) is 7.74. The molecule has 0 radical (unpaired) electrons. The lowest BCUT2D eigenvalue weighted by Gasteiger charge is -2.24. The van der Waals surface area contributed by atoms with Crippen LogP contribution in [0.5, 0.6) is 0 Å². The SMILES string of the molecule is CCN(CC(=O)NC(C)(C)C)C(=O)c1csc(Br)c1. The summed E-state index contributed by atoms with van der Waals surface area (Å²) in [6, 6.07) is 1.78. The van der Waals surface area contributed by atoms with Gasteiger partial charge in [-0.1, -0.05) is 0 Å². The number of likely N-dealkylation sites (N-methyl/N-ethyl adjacent to an activating group) is 1. The molecule has 0 spiro atoms. The zero-order valence-electron chi connectivity index (χ0n) is 11.6. The van der Waals surface area contributed by atoms with Gasteiger partial charge in [0.05, 0.1) is 15.9 Å². The topological polar surface area (TPSA) is 49.4 Å². The lowest BCUT2D eigenvalue weighted by Crippen LogP contribution is -2.47. The maximum Gasteiger partial charge on any atom is 0.255 e.